The number of rotatable bonds is 4. The molecule has 0 saturated carbocycles. The van der Waals surface area contributed by atoms with E-state index in [1.165, 1.54) is 9.80 Å². The van der Waals surface area contributed by atoms with Gasteiger partial charge in [0.2, 0.25) is 11.8 Å². The van der Waals surface area contributed by atoms with Gasteiger partial charge in [-0.2, -0.15) is 0 Å². The van der Waals surface area contributed by atoms with Gasteiger partial charge >= 0.3 is 0 Å². The third-order valence-corrected chi connectivity index (χ3v) is 3.68. The smallest absolute Gasteiger partial charge is 0.242 e. The molecule has 1 aliphatic rings. The van der Waals surface area contributed by atoms with Crippen LogP contribution in [0.2, 0.25) is 0 Å². The van der Waals surface area contributed by atoms with Gasteiger partial charge < -0.3 is 20.3 Å². The van der Waals surface area contributed by atoms with Gasteiger partial charge in [-0.1, -0.05) is 17.7 Å². The number of methoxy groups -OCH3 is 1. The Labute approximate surface area is 124 Å². The van der Waals surface area contributed by atoms with Crippen LogP contribution in [-0.2, 0) is 9.59 Å². The zero-order valence-corrected chi connectivity index (χ0v) is 12.6. The molecule has 1 heterocycles. The summed E-state index contributed by atoms with van der Waals surface area (Å²) in [5.74, 6) is 0.540. The summed E-state index contributed by atoms with van der Waals surface area (Å²) < 4.78 is 5.32. The standard InChI is InChI=1S/C15H21N3O3/c1-10-4-5-13(21-3)11(6-10)12(16)7-18-9-14(19)17(2)8-15(18)20/h4-6,12H,7-9,16H2,1-3H3. The largest absolute Gasteiger partial charge is 0.496 e. The van der Waals surface area contributed by atoms with Crippen LogP contribution in [0.1, 0.15) is 17.2 Å². The summed E-state index contributed by atoms with van der Waals surface area (Å²) in [6.07, 6.45) is 0. The minimum Gasteiger partial charge on any atom is -0.496 e. The minimum atomic E-state index is -0.389. The fourth-order valence-electron chi connectivity index (χ4n) is 2.41. The molecular formula is C15H21N3O3. The predicted octanol–water partition coefficient (Wildman–Crippen LogP) is 0.304. The summed E-state index contributed by atoms with van der Waals surface area (Å²) in [5, 5.41) is 0. The molecule has 0 spiro atoms. The average molecular weight is 291 g/mol. The van der Waals surface area contributed by atoms with E-state index in [1.54, 1.807) is 14.2 Å². The number of nitrogens with two attached hydrogens (primary N) is 1. The minimum absolute atomic E-state index is 0.0713. The van der Waals surface area contributed by atoms with Crippen LogP contribution in [0.5, 0.6) is 5.75 Å². The van der Waals surface area contributed by atoms with Crippen molar-refractivity contribution in [1.29, 1.82) is 0 Å². The van der Waals surface area contributed by atoms with Gasteiger partial charge in [0.15, 0.2) is 0 Å². The Bertz CT molecular complexity index is 559. The molecule has 6 heteroatoms. The van der Waals surface area contributed by atoms with Crippen LogP contribution >= 0.6 is 0 Å². The Morgan fingerprint density at radius 1 is 1.29 bits per heavy atom. The maximum Gasteiger partial charge on any atom is 0.242 e. The normalized spacial score (nSPS) is 17.1. The van der Waals surface area contributed by atoms with Crippen molar-refractivity contribution < 1.29 is 14.3 Å². The van der Waals surface area contributed by atoms with Crippen LogP contribution in [0, 0.1) is 6.92 Å². The van der Waals surface area contributed by atoms with Crippen LogP contribution in [0.25, 0.3) is 0 Å². The van der Waals surface area contributed by atoms with Gasteiger partial charge in [0.1, 0.15) is 5.75 Å². The van der Waals surface area contributed by atoms with E-state index in [-0.39, 0.29) is 30.9 Å². The lowest BCUT2D eigenvalue weighted by Gasteiger charge is -2.33. The summed E-state index contributed by atoms with van der Waals surface area (Å²) >= 11 is 0. The summed E-state index contributed by atoms with van der Waals surface area (Å²) in [6.45, 7) is 2.46. The molecule has 1 aromatic rings. The molecular weight excluding hydrogens is 270 g/mol. The van der Waals surface area contributed by atoms with Crippen molar-refractivity contribution in [3.63, 3.8) is 0 Å². The lowest BCUT2D eigenvalue weighted by atomic mass is 10.0. The molecule has 114 valence electrons. The first kappa shape index (κ1) is 15.3. The number of aryl methyl sites for hydroxylation is 1. The van der Waals surface area contributed by atoms with Gasteiger partial charge in [-0.25, -0.2) is 0 Å². The number of amides is 2. The van der Waals surface area contributed by atoms with E-state index in [4.69, 9.17) is 10.5 Å². The molecule has 1 fully saturated rings. The number of ether oxygens (including phenoxy) is 1. The van der Waals surface area contributed by atoms with E-state index < -0.39 is 0 Å². The molecule has 0 aromatic heterocycles. The number of carbonyl (C=O) groups is 2. The monoisotopic (exact) mass is 291 g/mol. The van der Waals surface area contributed by atoms with E-state index >= 15 is 0 Å². The van der Waals surface area contributed by atoms with Gasteiger partial charge in [0.25, 0.3) is 0 Å². The number of piperazine rings is 1. The van der Waals surface area contributed by atoms with Crippen molar-refractivity contribution in [3.05, 3.63) is 29.3 Å². The van der Waals surface area contributed by atoms with E-state index in [0.717, 1.165) is 11.1 Å². The molecule has 2 N–H and O–H groups in total. The highest BCUT2D eigenvalue weighted by molar-refractivity contribution is 5.92. The third kappa shape index (κ3) is 3.33. The van der Waals surface area contributed by atoms with Crippen LogP contribution in [0.15, 0.2) is 18.2 Å². The van der Waals surface area contributed by atoms with Gasteiger partial charge in [-0.15, -0.1) is 0 Å². The van der Waals surface area contributed by atoms with Crippen LogP contribution in [-0.4, -0.2) is 55.4 Å². The molecule has 2 amide bonds. The molecule has 0 radical (unpaired) electrons. The quantitative estimate of drug-likeness (QED) is 0.866. The van der Waals surface area contributed by atoms with Gasteiger partial charge in [0, 0.05) is 19.2 Å². The lowest BCUT2D eigenvalue weighted by Crippen LogP contribution is -2.53. The molecule has 6 nitrogen and oxygen atoms in total. The first-order chi connectivity index (χ1) is 9.92. The van der Waals surface area contributed by atoms with Gasteiger partial charge in [-0.3, -0.25) is 9.59 Å². The van der Waals surface area contributed by atoms with Crippen molar-refractivity contribution in [3.8, 4) is 5.75 Å². The van der Waals surface area contributed by atoms with Crippen molar-refractivity contribution in [2.24, 2.45) is 5.73 Å². The Hall–Kier alpha value is -2.08. The Kier molecular flexibility index (Phi) is 4.47. The van der Waals surface area contributed by atoms with E-state index in [9.17, 15) is 9.59 Å². The van der Waals surface area contributed by atoms with Gasteiger partial charge in [0.05, 0.1) is 26.2 Å². The van der Waals surface area contributed by atoms with Crippen LogP contribution in [0.4, 0.5) is 0 Å². The second-order valence-electron chi connectivity index (χ2n) is 5.38. The fourth-order valence-corrected chi connectivity index (χ4v) is 2.41. The topological polar surface area (TPSA) is 75.9 Å². The summed E-state index contributed by atoms with van der Waals surface area (Å²) in [5.41, 5.74) is 8.13. The van der Waals surface area contributed by atoms with E-state index in [0.29, 0.717) is 12.3 Å². The molecule has 21 heavy (non-hydrogen) atoms. The molecule has 1 unspecified atom stereocenters. The highest BCUT2D eigenvalue weighted by atomic mass is 16.5. The second-order valence-corrected chi connectivity index (χ2v) is 5.38. The summed E-state index contributed by atoms with van der Waals surface area (Å²) in [4.78, 5) is 26.6. The Morgan fingerprint density at radius 3 is 2.67 bits per heavy atom. The van der Waals surface area contributed by atoms with Crippen molar-refractivity contribution in [2.75, 3.05) is 33.8 Å². The molecule has 0 aliphatic carbocycles. The van der Waals surface area contributed by atoms with Gasteiger partial charge in [-0.05, 0) is 13.0 Å². The molecule has 1 saturated heterocycles. The van der Waals surface area contributed by atoms with Crippen molar-refractivity contribution >= 4 is 11.8 Å². The van der Waals surface area contributed by atoms with Crippen molar-refractivity contribution in [1.82, 2.24) is 9.80 Å². The number of benzene rings is 1. The summed E-state index contributed by atoms with van der Waals surface area (Å²) in [7, 11) is 3.21. The van der Waals surface area contributed by atoms with E-state index in [1.807, 2.05) is 25.1 Å². The summed E-state index contributed by atoms with van der Waals surface area (Å²) in [6, 6.07) is 5.37. The second kappa shape index (κ2) is 6.13. The molecule has 0 bridgehead atoms. The highest BCUT2D eigenvalue weighted by Gasteiger charge is 2.29. The van der Waals surface area contributed by atoms with Crippen LogP contribution in [0.3, 0.4) is 0 Å². The number of hydrogen-bond acceptors (Lipinski definition) is 4. The van der Waals surface area contributed by atoms with E-state index in [2.05, 4.69) is 0 Å². The third-order valence-electron chi connectivity index (χ3n) is 3.68. The molecule has 2 rings (SSSR count). The Balaban J connectivity index is 2.14. The first-order valence-corrected chi connectivity index (χ1v) is 6.84. The molecule has 1 aliphatic heterocycles. The number of nitrogens with zero attached hydrogens (tertiary/aromatic N) is 2. The zero-order chi connectivity index (χ0) is 15.6. The average Bonchev–Trinajstić information content (AvgIpc) is 2.44. The maximum atomic E-state index is 12.0. The fraction of sp³-hybridized carbons (Fsp3) is 0.467. The zero-order valence-electron chi connectivity index (χ0n) is 12.6. The first-order valence-electron chi connectivity index (χ1n) is 6.84. The maximum absolute atomic E-state index is 12.0. The predicted molar refractivity (Wildman–Crippen MR) is 78.9 cm³/mol. The number of hydrogen-bond donors (Lipinski definition) is 1. The molecule has 1 aromatic carbocycles. The van der Waals surface area contributed by atoms with Crippen molar-refractivity contribution in [2.45, 2.75) is 13.0 Å². The Morgan fingerprint density at radius 2 is 2.00 bits per heavy atom. The molecule has 1 atom stereocenters. The SMILES string of the molecule is COc1ccc(C)cc1C(N)CN1CC(=O)N(C)CC1=O. The number of carbonyl (C=O) groups excluding carboxylic acids is 2. The van der Waals surface area contributed by atoms with Crippen LogP contribution < -0.4 is 10.5 Å². The highest BCUT2D eigenvalue weighted by Crippen LogP contribution is 2.25. The number of likely N-dealkylation sites (N-methyl/N-ethyl adjacent to an activating group) is 1. The lowest BCUT2D eigenvalue weighted by molar-refractivity contribution is -0.148.